The highest BCUT2D eigenvalue weighted by Crippen LogP contribution is 2.28. The molecule has 7 nitrogen and oxygen atoms in total. The lowest BCUT2D eigenvalue weighted by Crippen LogP contribution is -2.43. The highest BCUT2D eigenvalue weighted by Gasteiger charge is 2.32. The maximum absolute atomic E-state index is 13.1. The minimum absolute atomic E-state index is 0.0445. The van der Waals surface area contributed by atoms with Crippen molar-refractivity contribution in [3.05, 3.63) is 65.9 Å². The van der Waals surface area contributed by atoms with E-state index in [9.17, 15) is 13.2 Å². The van der Waals surface area contributed by atoms with Crippen LogP contribution in [0.2, 0.25) is 0 Å². The summed E-state index contributed by atoms with van der Waals surface area (Å²) in [5, 5.41) is 6.60. The second kappa shape index (κ2) is 9.26. The molecule has 1 aromatic heterocycles. The predicted molar refractivity (Wildman–Crippen MR) is 123 cm³/mol. The van der Waals surface area contributed by atoms with E-state index in [-0.39, 0.29) is 16.6 Å². The topological polar surface area (TPSA) is 92.5 Å². The van der Waals surface area contributed by atoms with Gasteiger partial charge in [-0.25, -0.2) is 8.42 Å². The molecule has 1 amide bonds. The lowest BCUT2D eigenvalue weighted by atomic mass is 10.0. The zero-order chi connectivity index (χ0) is 22.7. The Morgan fingerprint density at radius 3 is 2.53 bits per heavy atom. The van der Waals surface area contributed by atoms with Crippen molar-refractivity contribution in [1.29, 1.82) is 0 Å². The molecule has 0 bridgehead atoms. The summed E-state index contributed by atoms with van der Waals surface area (Å²) in [5.74, 6) is 0.0772. The molecule has 0 unspecified atom stereocenters. The first-order valence-electron chi connectivity index (χ1n) is 10.9. The molecule has 168 valence electrons. The van der Waals surface area contributed by atoms with E-state index < -0.39 is 15.9 Å². The van der Waals surface area contributed by atoms with Crippen LogP contribution in [0.15, 0.2) is 64.0 Å². The molecule has 32 heavy (non-hydrogen) atoms. The number of hydrogen-bond donors (Lipinski definition) is 1. The van der Waals surface area contributed by atoms with Gasteiger partial charge in [-0.3, -0.25) is 4.79 Å². The smallest absolute Gasteiger partial charge is 0.277 e. The number of anilines is 1. The van der Waals surface area contributed by atoms with Crippen LogP contribution in [-0.2, 0) is 10.0 Å². The normalized spacial score (nSPS) is 17.2. The van der Waals surface area contributed by atoms with Crippen molar-refractivity contribution in [2.45, 2.75) is 50.5 Å². The number of hydrogen-bond acceptors (Lipinski definition) is 5. The Morgan fingerprint density at radius 2 is 1.84 bits per heavy atom. The van der Waals surface area contributed by atoms with Crippen molar-refractivity contribution in [1.82, 2.24) is 9.46 Å². The van der Waals surface area contributed by atoms with Gasteiger partial charge in [-0.1, -0.05) is 48.3 Å². The summed E-state index contributed by atoms with van der Waals surface area (Å²) in [5.41, 5.74) is 2.60. The zero-order valence-corrected chi connectivity index (χ0v) is 19.1. The number of sulfonamides is 1. The number of amides is 1. The van der Waals surface area contributed by atoms with Crippen molar-refractivity contribution in [2.75, 3.05) is 11.9 Å². The molecule has 0 saturated carbocycles. The molecular weight excluding hydrogens is 426 g/mol. The molecule has 0 spiro atoms. The molecule has 1 saturated heterocycles. The fraction of sp³-hybridized carbons (Fsp3) is 0.333. The Labute approximate surface area is 188 Å². The standard InChI is InChI=1S/C24H27N3O4S/c1-3-20-6-4-5-15-27(20)32(29,30)21-13-11-19(12-14-21)25-24(28)22-16-23(31-26-22)18-9-7-17(2)8-10-18/h7-14,16,20H,3-6,15H2,1-2H3,(H,25,28)/t20-/m0/s1. The summed E-state index contributed by atoms with van der Waals surface area (Å²) in [7, 11) is -3.56. The highest BCUT2D eigenvalue weighted by atomic mass is 32.2. The summed E-state index contributed by atoms with van der Waals surface area (Å²) in [4.78, 5) is 12.8. The Kier molecular flexibility index (Phi) is 6.43. The van der Waals surface area contributed by atoms with Gasteiger partial charge in [0, 0.05) is 29.9 Å². The maximum Gasteiger partial charge on any atom is 0.277 e. The third-order valence-electron chi connectivity index (χ3n) is 5.84. The first-order chi connectivity index (χ1) is 15.4. The summed E-state index contributed by atoms with van der Waals surface area (Å²) in [6.07, 6.45) is 3.64. The van der Waals surface area contributed by atoms with Crippen molar-refractivity contribution in [3.8, 4) is 11.3 Å². The Morgan fingerprint density at radius 1 is 1.12 bits per heavy atom. The van der Waals surface area contributed by atoms with Gasteiger partial charge in [-0.2, -0.15) is 4.31 Å². The van der Waals surface area contributed by atoms with Crippen LogP contribution in [-0.4, -0.2) is 36.4 Å². The number of nitrogens with zero attached hydrogens (tertiary/aromatic N) is 2. The number of benzene rings is 2. The number of aryl methyl sites for hydroxylation is 1. The molecule has 1 atom stereocenters. The molecule has 3 aromatic rings. The quantitative estimate of drug-likeness (QED) is 0.576. The number of rotatable bonds is 6. The molecule has 1 aliphatic rings. The lowest BCUT2D eigenvalue weighted by Gasteiger charge is -2.34. The molecule has 2 aromatic carbocycles. The number of carbonyl (C=O) groups is 1. The zero-order valence-electron chi connectivity index (χ0n) is 18.2. The van der Waals surface area contributed by atoms with Crippen LogP contribution >= 0.6 is 0 Å². The van der Waals surface area contributed by atoms with E-state index in [0.717, 1.165) is 36.8 Å². The number of aromatic nitrogens is 1. The average molecular weight is 454 g/mol. The maximum atomic E-state index is 13.1. The van der Waals surface area contributed by atoms with Gasteiger partial charge in [-0.05, 0) is 50.5 Å². The van der Waals surface area contributed by atoms with Crippen molar-refractivity contribution in [3.63, 3.8) is 0 Å². The molecule has 2 heterocycles. The minimum atomic E-state index is -3.56. The summed E-state index contributed by atoms with van der Waals surface area (Å²) in [6, 6.07) is 15.6. The number of carbonyl (C=O) groups excluding carboxylic acids is 1. The molecular formula is C24H27N3O4S. The average Bonchev–Trinajstić information content (AvgIpc) is 3.30. The van der Waals surface area contributed by atoms with E-state index in [0.29, 0.717) is 18.0 Å². The van der Waals surface area contributed by atoms with Gasteiger partial charge >= 0.3 is 0 Å². The third kappa shape index (κ3) is 4.61. The van der Waals surface area contributed by atoms with Crippen LogP contribution < -0.4 is 5.32 Å². The Balaban J connectivity index is 1.46. The van der Waals surface area contributed by atoms with Crippen LogP contribution in [0.4, 0.5) is 5.69 Å². The largest absolute Gasteiger partial charge is 0.355 e. The predicted octanol–water partition coefficient (Wildman–Crippen LogP) is 4.86. The number of nitrogens with one attached hydrogen (secondary N) is 1. The molecule has 0 radical (unpaired) electrons. The second-order valence-corrected chi connectivity index (χ2v) is 9.99. The second-order valence-electron chi connectivity index (χ2n) is 8.09. The van der Waals surface area contributed by atoms with Crippen LogP contribution in [0, 0.1) is 6.92 Å². The van der Waals surface area contributed by atoms with E-state index in [1.165, 1.54) is 12.1 Å². The van der Waals surface area contributed by atoms with Crippen LogP contribution in [0.25, 0.3) is 11.3 Å². The SMILES string of the molecule is CC[C@H]1CCCCN1S(=O)(=O)c1ccc(NC(=O)c2cc(-c3ccc(C)cc3)on2)cc1. The van der Waals surface area contributed by atoms with Gasteiger partial charge in [0.05, 0.1) is 4.90 Å². The first kappa shape index (κ1) is 22.2. The fourth-order valence-corrected chi connectivity index (χ4v) is 5.74. The summed E-state index contributed by atoms with van der Waals surface area (Å²) >= 11 is 0. The fourth-order valence-electron chi connectivity index (χ4n) is 3.98. The minimum Gasteiger partial charge on any atom is -0.355 e. The molecule has 4 rings (SSSR count). The van der Waals surface area contributed by atoms with Gasteiger partial charge in [0.15, 0.2) is 11.5 Å². The van der Waals surface area contributed by atoms with Crippen LogP contribution in [0.1, 0.15) is 48.7 Å². The van der Waals surface area contributed by atoms with Crippen LogP contribution in [0.5, 0.6) is 0 Å². The highest BCUT2D eigenvalue weighted by molar-refractivity contribution is 7.89. The molecule has 0 aliphatic carbocycles. The number of piperidine rings is 1. The van der Waals surface area contributed by atoms with E-state index >= 15 is 0 Å². The first-order valence-corrected chi connectivity index (χ1v) is 12.3. The van der Waals surface area contributed by atoms with E-state index in [4.69, 9.17) is 4.52 Å². The third-order valence-corrected chi connectivity index (χ3v) is 7.81. The van der Waals surface area contributed by atoms with E-state index in [1.54, 1.807) is 22.5 Å². The Bertz CT molecular complexity index is 1180. The van der Waals surface area contributed by atoms with Gasteiger partial charge in [-0.15, -0.1) is 0 Å². The van der Waals surface area contributed by atoms with Gasteiger partial charge in [0.25, 0.3) is 5.91 Å². The molecule has 1 N–H and O–H groups in total. The van der Waals surface area contributed by atoms with Crippen molar-refractivity contribution >= 4 is 21.6 Å². The molecule has 1 fully saturated rings. The Hall–Kier alpha value is -2.97. The van der Waals surface area contributed by atoms with Crippen molar-refractivity contribution in [2.24, 2.45) is 0 Å². The van der Waals surface area contributed by atoms with Gasteiger partial charge in [0.1, 0.15) is 0 Å². The van der Waals surface area contributed by atoms with E-state index in [2.05, 4.69) is 10.5 Å². The molecule has 8 heteroatoms. The monoisotopic (exact) mass is 453 g/mol. The van der Waals surface area contributed by atoms with E-state index in [1.807, 2.05) is 38.1 Å². The summed E-state index contributed by atoms with van der Waals surface area (Å²) < 4.78 is 33.1. The summed E-state index contributed by atoms with van der Waals surface area (Å²) in [6.45, 7) is 4.56. The van der Waals surface area contributed by atoms with Gasteiger partial charge < -0.3 is 9.84 Å². The van der Waals surface area contributed by atoms with Crippen LogP contribution in [0.3, 0.4) is 0 Å². The lowest BCUT2D eigenvalue weighted by molar-refractivity contribution is 0.101. The molecule has 1 aliphatic heterocycles. The van der Waals surface area contributed by atoms with Crippen molar-refractivity contribution < 1.29 is 17.7 Å². The van der Waals surface area contributed by atoms with Gasteiger partial charge in [0.2, 0.25) is 10.0 Å².